The van der Waals surface area contributed by atoms with Gasteiger partial charge in [0.15, 0.2) is 0 Å². The molecule has 0 aliphatic heterocycles. The van der Waals surface area contributed by atoms with Gasteiger partial charge in [-0.3, -0.25) is 0 Å². The highest BCUT2D eigenvalue weighted by molar-refractivity contribution is 5.30. The largest absolute Gasteiger partial charge is 0.351 e. The molecule has 1 aliphatic carbocycles. The minimum Gasteiger partial charge on any atom is -0.246 e. The smallest absolute Gasteiger partial charge is 0.246 e. The number of H-pyrrole nitrogens is 1. The molecule has 1 aromatic carbocycles. The molecule has 0 radical (unpaired) electrons. The van der Waals surface area contributed by atoms with Gasteiger partial charge in [-0.1, -0.05) is 37.3 Å². The van der Waals surface area contributed by atoms with Crippen molar-refractivity contribution in [1.29, 1.82) is 0 Å². The lowest BCUT2D eigenvalue weighted by Gasteiger charge is -2.14. The summed E-state index contributed by atoms with van der Waals surface area (Å²) in [4.78, 5) is 24.4. The Labute approximate surface area is 109 Å². The first-order valence-corrected chi connectivity index (χ1v) is 6.34. The molecule has 98 valence electrons. The third-order valence-electron chi connectivity index (χ3n) is 3.59. The summed E-state index contributed by atoms with van der Waals surface area (Å²) in [6.07, 6.45) is 4.88. The van der Waals surface area contributed by atoms with Crippen LogP contribution in [0.2, 0.25) is 0 Å². The van der Waals surface area contributed by atoms with E-state index in [4.69, 9.17) is 0 Å². The van der Waals surface area contributed by atoms with Crippen molar-refractivity contribution in [2.75, 3.05) is 0 Å². The molecule has 1 heterocycles. The Bertz CT molecular complexity index is 721. The van der Waals surface area contributed by atoms with Crippen LogP contribution in [0, 0.1) is 5.92 Å². The molecular formula is C14H15N3O2. The van der Waals surface area contributed by atoms with Crippen molar-refractivity contribution in [3.05, 3.63) is 63.5 Å². The van der Waals surface area contributed by atoms with Crippen LogP contribution in [-0.2, 0) is 0 Å². The molecule has 2 aromatic rings. The van der Waals surface area contributed by atoms with Gasteiger partial charge in [0.05, 0.1) is 11.7 Å². The number of rotatable bonds is 2. The van der Waals surface area contributed by atoms with E-state index in [0.717, 1.165) is 6.42 Å². The fourth-order valence-electron chi connectivity index (χ4n) is 2.54. The van der Waals surface area contributed by atoms with Crippen LogP contribution < -0.4 is 11.4 Å². The summed E-state index contributed by atoms with van der Waals surface area (Å²) >= 11 is 0. The zero-order valence-corrected chi connectivity index (χ0v) is 10.6. The van der Waals surface area contributed by atoms with Crippen molar-refractivity contribution in [3.8, 4) is 5.69 Å². The number of allylic oxidation sites excluding steroid dienone is 2. The summed E-state index contributed by atoms with van der Waals surface area (Å²) in [6, 6.07) is 8.96. The SMILES string of the molecule is C[C@H]1C=CC[C@@H]1n1[nH]c(=O)n(-c2ccccc2)c1=O. The minimum atomic E-state index is -0.393. The number of aromatic amines is 1. The van der Waals surface area contributed by atoms with Crippen LogP contribution in [0.1, 0.15) is 19.4 Å². The normalized spacial score (nSPS) is 21.9. The number of nitrogens with one attached hydrogen (secondary N) is 1. The van der Waals surface area contributed by atoms with E-state index in [1.54, 1.807) is 24.3 Å². The highest BCUT2D eigenvalue weighted by atomic mass is 16.2. The van der Waals surface area contributed by atoms with Crippen LogP contribution in [0.4, 0.5) is 0 Å². The third kappa shape index (κ3) is 1.87. The van der Waals surface area contributed by atoms with Crippen molar-refractivity contribution < 1.29 is 0 Å². The third-order valence-corrected chi connectivity index (χ3v) is 3.59. The number of para-hydroxylation sites is 1. The zero-order chi connectivity index (χ0) is 13.4. The second-order valence-electron chi connectivity index (χ2n) is 4.83. The molecule has 2 atom stereocenters. The number of benzene rings is 1. The van der Waals surface area contributed by atoms with E-state index in [1.165, 1.54) is 9.25 Å². The molecule has 5 nitrogen and oxygen atoms in total. The highest BCUT2D eigenvalue weighted by Gasteiger charge is 2.24. The Kier molecular flexibility index (Phi) is 2.74. The molecule has 1 aromatic heterocycles. The molecule has 0 spiro atoms. The zero-order valence-electron chi connectivity index (χ0n) is 10.6. The fraction of sp³-hybridized carbons (Fsp3) is 0.286. The van der Waals surface area contributed by atoms with Crippen molar-refractivity contribution >= 4 is 0 Å². The van der Waals surface area contributed by atoms with Gasteiger partial charge in [-0.25, -0.2) is 23.9 Å². The lowest BCUT2D eigenvalue weighted by Crippen LogP contribution is -2.30. The average Bonchev–Trinajstić information content (AvgIpc) is 2.94. The number of nitrogens with zero attached hydrogens (tertiary/aromatic N) is 2. The Balaban J connectivity index is 2.12. The lowest BCUT2D eigenvalue weighted by molar-refractivity contribution is 0.385. The molecule has 0 fully saturated rings. The van der Waals surface area contributed by atoms with Gasteiger partial charge in [0.2, 0.25) is 0 Å². The van der Waals surface area contributed by atoms with Gasteiger partial charge in [-0.2, -0.15) is 0 Å². The summed E-state index contributed by atoms with van der Waals surface area (Å²) in [6.45, 7) is 2.04. The van der Waals surface area contributed by atoms with E-state index in [9.17, 15) is 9.59 Å². The van der Waals surface area contributed by atoms with Crippen molar-refractivity contribution in [2.24, 2.45) is 5.92 Å². The molecule has 1 N–H and O–H groups in total. The van der Waals surface area contributed by atoms with Gasteiger partial charge < -0.3 is 0 Å². The predicted octanol–water partition coefficient (Wildman–Crippen LogP) is 1.46. The second kappa shape index (κ2) is 4.42. The molecule has 0 amide bonds. The van der Waals surface area contributed by atoms with Crippen LogP contribution >= 0.6 is 0 Å². The maximum Gasteiger partial charge on any atom is 0.351 e. The minimum absolute atomic E-state index is 0.00478. The van der Waals surface area contributed by atoms with Gasteiger partial charge in [-0.05, 0) is 24.5 Å². The molecule has 19 heavy (non-hydrogen) atoms. The Hall–Kier alpha value is -2.30. The second-order valence-corrected chi connectivity index (χ2v) is 4.83. The van der Waals surface area contributed by atoms with Crippen LogP contribution in [0.25, 0.3) is 5.69 Å². The first kappa shape index (κ1) is 11.8. The van der Waals surface area contributed by atoms with Crippen LogP contribution in [0.3, 0.4) is 0 Å². The molecule has 5 heteroatoms. The van der Waals surface area contributed by atoms with Gasteiger partial charge in [0, 0.05) is 0 Å². The number of hydrogen-bond donors (Lipinski definition) is 1. The van der Waals surface area contributed by atoms with E-state index >= 15 is 0 Å². The first-order chi connectivity index (χ1) is 9.18. The topological polar surface area (TPSA) is 59.8 Å². The Morgan fingerprint density at radius 2 is 1.95 bits per heavy atom. The molecule has 3 rings (SSSR count). The van der Waals surface area contributed by atoms with Gasteiger partial charge in [0.25, 0.3) is 0 Å². The molecule has 0 unspecified atom stereocenters. The van der Waals surface area contributed by atoms with Crippen molar-refractivity contribution in [2.45, 2.75) is 19.4 Å². The number of hydrogen-bond acceptors (Lipinski definition) is 2. The molecule has 0 bridgehead atoms. The van der Waals surface area contributed by atoms with E-state index in [-0.39, 0.29) is 17.6 Å². The number of aromatic nitrogens is 3. The van der Waals surface area contributed by atoms with E-state index in [0.29, 0.717) is 5.69 Å². The summed E-state index contributed by atoms with van der Waals surface area (Å²) in [7, 11) is 0. The van der Waals surface area contributed by atoms with Gasteiger partial charge in [0.1, 0.15) is 0 Å². The molecule has 1 aliphatic rings. The summed E-state index contributed by atoms with van der Waals surface area (Å²) in [5.74, 6) is 0.250. The van der Waals surface area contributed by atoms with Crippen LogP contribution in [0.5, 0.6) is 0 Å². The van der Waals surface area contributed by atoms with Crippen molar-refractivity contribution in [3.63, 3.8) is 0 Å². The van der Waals surface area contributed by atoms with E-state index in [2.05, 4.69) is 11.2 Å². The quantitative estimate of drug-likeness (QED) is 0.828. The predicted molar refractivity (Wildman–Crippen MR) is 72.6 cm³/mol. The summed E-state index contributed by atoms with van der Waals surface area (Å²) < 4.78 is 2.62. The Morgan fingerprint density at radius 1 is 1.21 bits per heavy atom. The molecule has 0 saturated carbocycles. The summed E-state index contributed by atoms with van der Waals surface area (Å²) in [5.41, 5.74) is -0.113. The molecule has 0 saturated heterocycles. The van der Waals surface area contributed by atoms with Crippen molar-refractivity contribution in [1.82, 2.24) is 14.3 Å². The fourth-order valence-corrected chi connectivity index (χ4v) is 2.54. The average molecular weight is 257 g/mol. The standard InChI is InChI=1S/C14H15N3O2/c1-10-6-5-9-12(10)17-14(19)16(13(18)15-17)11-7-3-2-4-8-11/h2-8,10,12H,9H2,1H3,(H,15,18)/t10-,12-/m0/s1. The van der Waals surface area contributed by atoms with Gasteiger partial charge >= 0.3 is 11.4 Å². The first-order valence-electron chi connectivity index (χ1n) is 6.34. The van der Waals surface area contributed by atoms with Crippen LogP contribution in [0.15, 0.2) is 52.1 Å². The Morgan fingerprint density at radius 3 is 2.58 bits per heavy atom. The highest BCUT2D eigenvalue weighted by Crippen LogP contribution is 2.27. The summed E-state index contributed by atoms with van der Waals surface area (Å²) in [5, 5.41) is 2.66. The lowest BCUT2D eigenvalue weighted by atomic mass is 10.1. The molecular weight excluding hydrogens is 242 g/mol. The van der Waals surface area contributed by atoms with E-state index < -0.39 is 5.69 Å². The van der Waals surface area contributed by atoms with Gasteiger partial charge in [-0.15, -0.1) is 0 Å². The maximum atomic E-state index is 12.4. The monoisotopic (exact) mass is 257 g/mol. The van der Waals surface area contributed by atoms with Crippen LogP contribution in [-0.4, -0.2) is 14.3 Å². The maximum absolute atomic E-state index is 12.4. The van der Waals surface area contributed by atoms with E-state index in [1.807, 2.05) is 19.1 Å².